The van der Waals surface area contributed by atoms with Crippen LogP contribution in [-0.2, 0) is 6.61 Å². The first-order chi connectivity index (χ1) is 7.38. The Kier molecular flexibility index (Phi) is 2.73. The molecule has 0 bridgehead atoms. The number of aldehydes is 1. The molecule has 0 fully saturated rings. The van der Waals surface area contributed by atoms with Crippen molar-refractivity contribution in [1.29, 1.82) is 0 Å². The maximum atomic E-state index is 10.5. The predicted octanol–water partition coefficient (Wildman–Crippen LogP) is 1.46. The molecule has 5 nitrogen and oxygen atoms in total. The van der Waals surface area contributed by atoms with Gasteiger partial charge in [-0.3, -0.25) is 4.79 Å². The largest absolute Gasteiger partial charge is 0.485 e. The first-order valence-electron chi connectivity index (χ1n) is 4.32. The van der Waals surface area contributed by atoms with Crippen LogP contribution in [0, 0.1) is 0 Å². The second-order valence-electron chi connectivity index (χ2n) is 2.83. The van der Waals surface area contributed by atoms with E-state index in [0.29, 0.717) is 17.1 Å². The minimum absolute atomic E-state index is 0.221. The third kappa shape index (κ3) is 2.40. The van der Waals surface area contributed by atoms with E-state index >= 15 is 0 Å². The van der Waals surface area contributed by atoms with E-state index in [9.17, 15) is 4.79 Å². The Morgan fingerprint density at radius 1 is 1.47 bits per heavy atom. The van der Waals surface area contributed by atoms with Crippen LogP contribution in [-0.4, -0.2) is 16.4 Å². The molecule has 0 radical (unpaired) electrons. The average molecular weight is 204 g/mol. The van der Waals surface area contributed by atoms with Crippen molar-refractivity contribution in [2.75, 3.05) is 0 Å². The molecule has 2 aromatic rings. The maximum absolute atomic E-state index is 10.5. The van der Waals surface area contributed by atoms with E-state index in [1.165, 1.54) is 6.39 Å². The molecule has 0 spiro atoms. The van der Waals surface area contributed by atoms with Crippen LogP contribution in [0.15, 0.2) is 35.2 Å². The Hall–Kier alpha value is -2.17. The molecule has 0 atom stereocenters. The van der Waals surface area contributed by atoms with Gasteiger partial charge < -0.3 is 9.26 Å². The summed E-state index contributed by atoms with van der Waals surface area (Å²) in [6.07, 6.45) is 2.00. The van der Waals surface area contributed by atoms with Gasteiger partial charge in [0.1, 0.15) is 12.0 Å². The van der Waals surface area contributed by atoms with Crippen molar-refractivity contribution in [2.45, 2.75) is 6.61 Å². The molecule has 0 unspecified atom stereocenters. The van der Waals surface area contributed by atoms with Crippen LogP contribution in [0.1, 0.15) is 16.2 Å². The van der Waals surface area contributed by atoms with Crippen molar-refractivity contribution < 1.29 is 14.1 Å². The van der Waals surface area contributed by atoms with Crippen LogP contribution in [0.3, 0.4) is 0 Å². The van der Waals surface area contributed by atoms with Crippen molar-refractivity contribution in [2.24, 2.45) is 0 Å². The van der Waals surface area contributed by atoms with Crippen LogP contribution in [0.4, 0.5) is 0 Å². The lowest BCUT2D eigenvalue weighted by Gasteiger charge is -2.02. The second kappa shape index (κ2) is 4.36. The number of benzene rings is 1. The fraction of sp³-hybridized carbons (Fsp3) is 0.100. The van der Waals surface area contributed by atoms with Crippen molar-refractivity contribution in [3.63, 3.8) is 0 Å². The molecule has 1 aromatic heterocycles. The van der Waals surface area contributed by atoms with E-state index in [1.54, 1.807) is 24.3 Å². The molecular weight excluding hydrogens is 196 g/mol. The molecule has 2 rings (SSSR count). The van der Waals surface area contributed by atoms with Gasteiger partial charge in [0.25, 0.3) is 0 Å². The number of ether oxygens (including phenoxy) is 1. The Balaban J connectivity index is 2.01. The Morgan fingerprint density at radius 3 is 3.13 bits per heavy atom. The summed E-state index contributed by atoms with van der Waals surface area (Å²) in [6.45, 7) is 0.221. The van der Waals surface area contributed by atoms with Crippen LogP contribution < -0.4 is 4.74 Å². The smallest absolute Gasteiger partial charge is 0.213 e. The molecule has 76 valence electrons. The first-order valence-corrected chi connectivity index (χ1v) is 4.32. The molecule has 0 aliphatic heterocycles. The summed E-state index contributed by atoms with van der Waals surface area (Å²) >= 11 is 0. The lowest BCUT2D eigenvalue weighted by atomic mass is 10.2. The SMILES string of the molecule is O=Cc1cccc(OCc2ncon2)c1. The van der Waals surface area contributed by atoms with Gasteiger partial charge in [-0.2, -0.15) is 4.98 Å². The third-order valence-corrected chi connectivity index (χ3v) is 1.77. The summed E-state index contributed by atoms with van der Waals surface area (Å²) < 4.78 is 9.90. The van der Waals surface area contributed by atoms with Crippen LogP contribution >= 0.6 is 0 Å². The molecule has 1 aromatic carbocycles. The average Bonchev–Trinajstić information content (AvgIpc) is 2.79. The zero-order valence-corrected chi connectivity index (χ0v) is 7.79. The zero-order chi connectivity index (χ0) is 10.5. The molecule has 0 aliphatic carbocycles. The highest BCUT2D eigenvalue weighted by atomic mass is 16.5. The number of aromatic nitrogens is 2. The molecular formula is C10H8N2O3. The summed E-state index contributed by atoms with van der Waals surface area (Å²) in [6, 6.07) is 6.85. The maximum Gasteiger partial charge on any atom is 0.213 e. The summed E-state index contributed by atoms with van der Waals surface area (Å²) in [5.74, 6) is 1.07. The van der Waals surface area contributed by atoms with E-state index in [1.807, 2.05) is 0 Å². The summed E-state index contributed by atoms with van der Waals surface area (Å²) in [5.41, 5.74) is 0.570. The molecule has 0 saturated carbocycles. The molecule has 0 saturated heterocycles. The fourth-order valence-corrected chi connectivity index (χ4v) is 1.08. The summed E-state index contributed by atoms with van der Waals surface area (Å²) in [5, 5.41) is 3.59. The number of rotatable bonds is 4. The van der Waals surface area contributed by atoms with Crippen molar-refractivity contribution >= 4 is 6.29 Å². The quantitative estimate of drug-likeness (QED) is 0.705. The van der Waals surface area contributed by atoms with Crippen molar-refractivity contribution in [1.82, 2.24) is 10.1 Å². The topological polar surface area (TPSA) is 65.2 Å². The Bertz CT molecular complexity index is 440. The number of hydrogen-bond donors (Lipinski definition) is 0. The number of hydrogen-bond acceptors (Lipinski definition) is 5. The minimum atomic E-state index is 0.221. The standard InChI is InChI=1S/C10H8N2O3/c13-5-8-2-1-3-9(4-8)14-6-10-11-7-15-12-10/h1-5,7H,6H2. The van der Waals surface area contributed by atoms with E-state index in [4.69, 9.17) is 4.74 Å². The summed E-state index contributed by atoms with van der Waals surface area (Å²) in [7, 11) is 0. The van der Waals surface area contributed by atoms with E-state index < -0.39 is 0 Å². The van der Waals surface area contributed by atoms with Crippen LogP contribution in [0.2, 0.25) is 0 Å². The van der Waals surface area contributed by atoms with E-state index in [-0.39, 0.29) is 6.61 Å². The van der Waals surface area contributed by atoms with Crippen molar-refractivity contribution in [3.05, 3.63) is 42.0 Å². The van der Waals surface area contributed by atoms with Gasteiger partial charge in [0.05, 0.1) is 0 Å². The first kappa shape index (κ1) is 9.39. The van der Waals surface area contributed by atoms with Crippen molar-refractivity contribution in [3.8, 4) is 5.75 Å². The van der Waals surface area contributed by atoms with Gasteiger partial charge in [-0.25, -0.2) is 0 Å². The molecule has 1 heterocycles. The number of carbonyl (C=O) groups excluding carboxylic acids is 1. The zero-order valence-electron chi connectivity index (χ0n) is 7.79. The number of nitrogens with zero attached hydrogens (tertiary/aromatic N) is 2. The van der Waals surface area contributed by atoms with Crippen LogP contribution in [0.25, 0.3) is 0 Å². The predicted molar refractivity (Wildman–Crippen MR) is 50.5 cm³/mol. The highest BCUT2D eigenvalue weighted by Gasteiger charge is 2.00. The van der Waals surface area contributed by atoms with Gasteiger partial charge in [-0.1, -0.05) is 17.3 Å². The second-order valence-corrected chi connectivity index (χ2v) is 2.83. The fourth-order valence-electron chi connectivity index (χ4n) is 1.08. The molecule has 5 heteroatoms. The molecule has 15 heavy (non-hydrogen) atoms. The highest BCUT2D eigenvalue weighted by molar-refractivity contribution is 5.75. The highest BCUT2D eigenvalue weighted by Crippen LogP contribution is 2.12. The number of carbonyl (C=O) groups is 1. The van der Waals surface area contributed by atoms with Gasteiger partial charge in [0, 0.05) is 5.56 Å². The Morgan fingerprint density at radius 2 is 2.40 bits per heavy atom. The molecule has 0 N–H and O–H groups in total. The molecule has 0 aliphatic rings. The van der Waals surface area contributed by atoms with Gasteiger partial charge >= 0.3 is 0 Å². The van der Waals surface area contributed by atoms with Crippen LogP contribution in [0.5, 0.6) is 5.75 Å². The van der Waals surface area contributed by atoms with Gasteiger partial charge in [-0.05, 0) is 12.1 Å². The normalized spacial score (nSPS) is 9.87. The monoisotopic (exact) mass is 204 g/mol. The lowest BCUT2D eigenvalue weighted by Crippen LogP contribution is -1.97. The van der Waals surface area contributed by atoms with E-state index in [2.05, 4.69) is 14.7 Å². The van der Waals surface area contributed by atoms with E-state index in [0.717, 1.165) is 6.29 Å². The summed E-state index contributed by atoms with van der Waals surface area (Å²) in [4.78, 5) is 14.3. The lowest BCUT2D eigenvalue weighted by molar-refractivity contribution is 0.112. The van der Waals surface area contributed by atoms with Gasteiger partial charge in [-0.15, -0.1) is 0 Å². The third-order valence-electron chi connectivity index (χ3n) is 1.77. The van der Waals surface area contributed by atoms with Gasteiger partial charge in [0.2, 0.25) is 12.2 Å². The van der Waals surface area contributed by atoms with Gasteiger partial charge in [0.15, 0.2) is 6.61 Å². The Labute approximate surface area is 85.7 Å². The molecule has 0 amide bonds. The minimum Gasteiger partial charge on any atom is -0.485 e.